The molecule has 32 heavy (non-hydrogen) atoms. The number of nitrogens with zero attached hydrogens (tertiary/aromatic N) is 5. The molecule has 3 aromatic heterocycles. The van der Waals surface area contributed by atoms with E-state index in [-0.39, 0.29) is 11.9 Å². The zero-order valence-electron chi connectivity index (χ0n) is 18.4. The van der Waals surface area contributed by atoms with Crippen molar-refractivity contribution in [2.24, 2.45) is 0 Å². The van der Waals surface area contributed by atoms with Crippen LogP contribution in [0.15, 0.2) is 17.6 Å². The maximum absolute atomic E-state index is 12.9. The number of hydrogen-bond acceptors (Lipinski definition) is 8. The summed E-state index contributed by atoms with van der Waals surface area (Å²) < 4.78 is 0. The number of H-pyrrole nitrogens is 1. The number of thiazole rings is 1. The zero-order valence-corrected chi connectivity index (χ0v) is 19.2. The molecular weight excluding hydrogens is 424 g/mol. The molecule has 1 saturated heterocycles. The predicted octanol–water partition coefficient (Wildman–Crippen LogP) is 3.30. The van der Waals surface area contributed by atoms with Gasteiger partial charge in [-0.2, -0.15) is 10.1 Å². The van der Waals surface area contributed by atoms with Crippen molar-refractivity contribution in [3.63, 3.8) is 0 Å². The van der Waals surface area contributed by atoms with Gasteiger partial charge in [0.15, 0.2) is 5.82 Å². The van der Waals surface area contributed by atoms with Crippen molar-refractivity contribution in [2.45, 2.75) is 64.5 Å². The molecule has 5 rings (SSSR count). The Morgan fingerprint density at radius 3 is 3.00 bits per heavy atom. The lowest BCUT2D eigenvalue weighted by atomic mass is 10.1. The van der Waals surface area contributed by atoms with E-state index in [2.05, 4.69) is 39.7 Å². The van der Waals surface area contributed by atoms with Crippen LogP contribution in [0.3, 0.4) is 0 Å². The summed E-state index contributed by atoms with van der Waals surface area (Å²) in [4.78, 5) is 29.0. The van der Waals surface area contributed by atoms with Gasteiger partial charge >= 0.3 is 0 Å². The third-order valence-corrected chi connectivity index (χ3v) is 6.88. The standard InChI is InChI=1S/C22H28N8OS/c1-13(2)16-11-18(29-28-16)26-20-14-5-3-6-15(14)25-22(27-20)30-9-4-7-17(30)21(31)24-12-19-23-8-10-32-19/h8,10-11,13,17H,3-7,9,12H2,1-2H3,(H,24,31)(H2,25,26,27,28,29)/t17-/m0/s1. The van der Waals surface area contributed by atoms with Gasteiger partial charge in [-0.25, -0.2) is 9.97 Å². The Bertz CT molecular complexity index is 1090. The van der Waals surface area contributed by atoms with Crippen LogP contribution in [0.2, 0.25) is 0 Å². The molecule has 0 saturated carbocycles. The minimum absolute atomic E-state index is 0.00480. The number of amides is 1. The molecule has 1 aliphatic heterocycles. The van der Waals surface area contributed by atoms with Crippen molar-refractivity contribution in [2.75, 3.05) is 16.8 Å². The van der Waals surface area contributed by atoms with Crippen LogP contribution >= 0.6 is 11.3 Å². The topological polar surface area (TPSA) is 112 Å². The zero-order chi connectivity index (χ0) is 22.1. The minimum atomic E-state index is -0.264. The van der Waals surface area contributed by atoms with Gasteiger partial charge in [-0.15, -0.1) is 11.3 Å². The molecule has 0 unspecified atom stereocenters. The van der Waals surface area contributed by atoms with Crippen LogP contribution in [0.4, 0.5) is 17.6 Å². The van der Waals surface area contributed by atoms with Gasteiger partial charge in [0.2, 0.25) is 11.9 Å². The number of anilines is 3. The predicted molar refractivity (Wildman–Crippen MR) is 124 cm³/mol. The molecule has 1 fully saturated rings. The van der Waals surface area contributed by atoms with E-state index in [0.717, 1.165) is 72.2 Å². The van der Waals surface area contributed by atoms with Crippen LogP contribution < -0.4 is 15.5 Å². The average molecular weight is 453 g/mol. The molecule has 0 bridgehead atoms. The molecule has 2 aliphatic rings. The summed E-state index contributed by atoms with van der Waals surface area (Å²) in [6.07, 6.45) is 6.45. The molecule has 4 heterocycles. The molecule has 10 heteroatoms. The van der Waals surface area contributed by atoms with Gasteiger partial charge in [0.05, 0.1) is 12.2 Å². The number of aryl methyl sites for hydroxylation is 1. The highest BCUT2D eigenvalue weighted by Crippen LogP contribution is 2.32. The number of carbonyl (C=O) groups is 1. The first-order chi connectivity index (χ1) is 15.6. The van der Waals surface area contributed by atoms with Crippen molar-refractivity contribution in [3.05, 3.63) is 39.6 Å². The van der Waals surface area contributed by atoms with E-state index in [4.69, 9.17) is 9.97 Å². The molecule has 3 N–H and O–H groups in total. The van der Waals surface area contributed by atoms with E-state index in [1.54, 1.807) is 17.5 Å². The first-order valence-electron chi connectivity index (χ1n) is 11.2. The second-order valence-corrected chi connectivity index (χ2v) is 9.61. The van der Waals surface area contributed by atoms with Gasteiger partial charge < -0.3 is 15.5 Å². The van der Waals surface area contributed by atoms with E-state index < -0.39 is 0 Å². The summed E-state index contributed by atoms with van der Waals surface area (Å²) >= 11 is 1.54. The Labute approximate surface area is 191 Å². The fraction of sp³-hybridized carbons (Fsp3) is 0.500. The second-order valence-electron chi connectivity index (χ2n) is 8.63. The maximum atomic E-state index is 12.9. The smallest absolute Gasteiger partial charge is 0.243 e. The normalized spacial score (nSPS) is 17.7. The molecule has 1 atom stereocenters. The molecule has 3 aromatic rings. The first-order valence-corrected chi connectivity index (χ1v) is 12.1. The minimum Gasteiger partial charge on any atom is -0.348 e. The Balaban J connectivity index is 1.37. The highest BCUT2D eigenvalue weighted by atomic mass is 32.1. The van der Waals surface area contributed by atoms with E-state index in [1.807, 2.05) is 16.3 Å². The van der Waals surface area contributed by atoms with Crippen molar-refractivity contribution in [1.29, 1.82) is 0 Å². The molecule has 0 aromatic carbocycles. The van der Waals surface area contributed by atoms with Crippen LogP contribution in [0, 0.1) is 0 Å². The van der Waals surface area contributed by atoms with Crippen molar-refractivity contribution in [3.8, 4) is 0 Å². The molecular formula is C22H28N8OS. The summed E-state index contributed by atoms with van der Waals surface area (Å²) in [6.45, 7) is 5.49. The lowest BCUT2D eigenvalue weighted by Crippen LogP contribution is -2.44. The molecule has 0 radical (unpaired) electrons. The van der Waals surface area contributed by atoms with E-state index in [9.17, 15) is 4.79 Å². The van der Waals surface area contributed by atoms with Crippen LogP contribution in [0.1, 0.15) is 61.0 Å². The third-order valence-electron chi connectivity index (χ3n) is 6.10. The number of aromatic nitrogens is 5. The summed E-state index contributed by atoms with van der Waals surface area (Å²) in [5.41, 5.74) is 3.31. The highest BCUT2D eigenvalue weighted by Gasteiger charge is 2.34. The fourth-order valence-corrected chi connectivity index (χ4v) is 4.92. The highest BCUT2D eigenvalue weighted by molar-refractivity contribution is 7.09. The van der Waals surface area contributed by atoms with Crippen LogP contribution in [0.25, 0.3) is 0 Å². The van der Waals surface area contributed by atoms with E-state index >= 15 is 0 Å². The maximum Gasteiger partial charge on any atom is 0.243 e. The number of nitrogens with one attached hydrogen (secondary N) is 3. The number of aromatic amines is 1. The Morgan fingerprint density at radius 1 is 1.31 bits per heavy atom. The Hall–Kier alpha value is -3.01. The van der Waals surface area contributed by atoms with Gasteiger partial charge in [-0.3, -0.25) is 9.89 Å². The van der Waals surface area contributed by atoms with Gasteiger partial charge in [0.25, 0.3) is 0 Å². The summed E-state index contributed by atoms with van der Waals surface area (Å²) in [6, 6.07) is 1.76. The number of carbonyl (C=O) groups excluding carboxylic acids is 1. The monoisotopic (exact) mass is 452 g/mol. The molecule has 1 amide bonds. The van der Waals surface area contributed by atoms with Crippen molar-refractivity contribution in [1.82, 2.24) is 30.5 Å². The number of rotatable bonds is 7. The molecule has 168 valence electrons. The third kappa shape index (κ3) is 4.19. The van der Waals surface area contributed by atoms with E-state index in [0.29, 0.717) is 18.4 Å². The lowest BCUT2D eigenvalue weighted by Gasteiger charge is -2.25. The van der Waals surface area contributed by atoms with Gasteiger partial charge in [0, 0.05) is 35.4 Å². The molecule has 1 aliphatic carbocycles. The van der Waals surface area contributed by atoms with Gasteiger partial charge in [-0.1, -0.05) is 13.8 Å². The van der Waals surface area contributed by atoms with E-state index in [1.165, 1.54) is 0 Å². The van der Waals surface area contributed by atoms with Gasteiger partial charge in [0.1, 0.15) is 16.9 Å². The number of fused-ring (bicyclic) bond motifs is 1. The summed E-state index contributed by atoms with van der Waals surface area (Å²) in [7, 11) is 0. The Morgan fingerprint density at radius 2 is 2.22 bits per heavy atom. The van der Waals surface area contributed by atoms with Crippen LogP contribution in [-0.2, 0) is 24.2 Å². The van der Waals surface area contributed by atoms with Crippen LogP contribution in [0.5, 0.6) is 0 Å². The molecule has 9 nitrogen and oxygen atoms in total. The summed E-state index contributed by atoms with van der Waals surface area (Å²) in [5.74, 6) is 2.56. The first kappa shape index (κ1) is 20.9. The molecule has 0 spiro atoms. The SMILES string of the molecule is CC(C)c1cc(Nc2nc(N3CCC[C@H]3C(=O)NCc3nccs3)nc3c2CCC3)n[nH]1. The largest absolute Gasteiger partial charge is 0.348 e. The Kier molecular flexibility index (Phi) is 5.77. The average Bonchev–Trinajstić information content (AvgIpc) is 3.58. The van der Waals surface area contributed by atoms with Gasteiger partial charge in [-0.05, 0) is 38.0 Å². The quantitative estimate of drug-likeness (QED) is 0.504. The van der Waals surface area contributed by atoms with Crippen molar-refractivity contribution < 1.29 is 4.79 Å². The fourth-order valence-electron chi connectivity index (χ4n) is 4.37. The lowest BCUT2D eigenvalue weighted by molar-refractivity contribution is -0.122. The van der Waals surface area contributed by atoms with Crippen LogP contribution in [-0.4, -0.2) is 43.6 Å². The second kappa shape index (κ2) is 8.85. The summed E-state index contributed by atoms with van der Waals surface area (Å²) in [5, 5.41) is 16.7. The van der Waals surface area contributed by atoms with Crippen molar-refractivity contribution >= 4 is 34.8 Å². The number of hydrogen-bond donors (Lipinski definition) is 3.